The molecular weight excluding hydrogens is 316 g/mol. The molecule has 132 valence electrons. The summed E-state index contributed by atoms with van der Waals surface area (Å²) in [6.07, 6.45) is 9.00. The number of imidazole rings is 1. The van der Waals surface area contributed by atoms with Crippen molar-refractivity contribution >= 4 is 0 Å². The Balaban J connectivity index is 1.52. The predicted octanol–water partition coefficient (Wildman–Crippen LogP) is 1.45. The molecule has 3 aromatic heterocycles. The summed E-state index contributed by atoms with van der Waals surface area (Å²) in [5.41, 5.74) is 4.70. The van der Waals surface area contributed by atoms with E-state index in [-0.39, 0.29) is 0 Å². The van der Waals surface area contributed by atoms with Crippen LogP contribution in [0.25, 0.3) is 0 Å². The first kappa shape index (κ1) is 16.0. The van der Waals surface area contributed by atoms with Crippen molar-refractivity contribution < 1.29 is 0 Å². The van der Waals surface area contributed by atoms with Crippen molar-refractivity contribution in [1.29, 1.82) is 0 Å². The van der Waals surface area contributed by atoms with Crippen molar-refractivity contribution in [1.82, 2.24) is 39.2 Å². The van der Waals surface area contributed by atoms with E-state index in [1.54, 1.807) is 6.20 Å². The number of hydrogen-bond donors (Lipinski definition) is 0. The van der Waals surface area contributed by atoms with Crippen LogP contribution in [-0.2, 0) is 32.7 Å². The summed E-state index contributed by atoms with van der Waals surface area (Å²) in [4.78, 5) is 7.13. The van der Waals surface area contributed by atoms with Crippen molar-refractivity contribution in [3.8, 4) is 0 Å². The van der Waals surface area contributed by atoms with Gasteiger partial charge in [0.1, 0.15) is 0 Å². The van der Waals surface area contributed by atoms with Crippen LogP contribution in [0, 0.1) is 6.92 Å². The quantitative estimate of drug-likeness (QED) is 0.703. The first-order valence-electron chi connectivity index (χ1n) is 8.84. The minimum Gasteiger partial charge on any atom is -0.333 e. The standard InChI is InChI=1S/C17H24N8/c1-3-24-10-15(8-20-24)9-22-5-4-6-23-13-18-16(17(23)12-22)11-25-14(2)7-19-21-25/h7-8,10,13H,3-6,9,11-12H2,1-2H3. The molecule has 0 radical (unpaired) electrons. The molecule has 8 heteroatoms. The van der Waals surface area contributed by atoms with Crippen LogP contribution in [0.15, 0.2) is 24.9 Å². The smallest absolute Gasteiger partial charge is 0.0952 e. The molecule has 0 saturated carbocycles. The number of nitrogens with zero attached hydrogens (tertiary/aromatic N) is 8. The molecule has 1 aliphatic heterocycles. The summed E-state index contributed by atoms with van der Waals surface area (Å²) in [7, 11) is 0. The molecule has 3 aromatic rings. The molecule has 0 unspecified atom stereocenters. The fraction of sp³-hybridized carbons (Fsp3) is 0.529. The lowest BCUT2D eigenvalue weighted by Crippen LogP contribution is -2.23. The van der Waals surface area contributed by atoms with Crippen molar-refractivity contribution in [2.24, 2.45) is 0 Å². The molecule has 0 fully saturated rings. The van der Waals surface area contributed by atoms with Gasteiger partial charge in [0, 0.05) is 44.5 Å². The topological polar surface area (TPSA) is 69.6 Å². The molecule has 0 N–H and O–H groups in total. The van der Waals surface area contributed by atoms with E-state index in [0.717, 1.165) is 50.5 Å². The lowest BCUT2D eigenvalue weighted by molar-refractivity contribution is 0.260. The van der Waals surface area contributed by atoms with Gasteiger partial charge in [-0.25, -0.2) is 9.67 Å². The number of aryl methyl sites for hydroxylation is 3. The van der Waals surface area contributed by atoms with E-state index in [4.69, 9.17) is 0 Å². The van der Waals surface area contributed by atoms with Crippen LogP contribution < -0.4 is 0 Å². The fourth-order valence-electron chi connectivity index (χ4n) is 3.37. The Kier molecular flexibility index (Phi) is 4.35. The number of rotatable bonds is 5. The highest BCUT2D eigenvalue weighted by atomic mass is 15.4. The molecule has 4 rings (SSSR count). The highest BCUT2D eigenvalue weighted by molar-refractivity contribution is 5.16. The van der Waals surface area contributed by atoms with Crippen molar-refractivity contribution in [2.75, 3.05) is 6.54 Å². The van der Waals surface area contributed by atoms with Crippen molar-refractivity contribution in [2.45, 2.75) is 53.0 Å². The van der Waals surface area contributed by atoms with Crippen molar-refractivity contribution in [3.05, 3.63) is 47.6 Å². The third-order valence-corrected chi connectivity index (χ3v) is 4.81. The van der Waals surface area contributed by atoms with E-state index in [0.29, 0.717) is 6.54 Å². The second kappa shape index (κ2) is 6.79. The van der Waals surface area contributed by atoms with E-state index in [1.165, 1.54) is 11.3 Å². The molecule has 25 heavy (non-hydrogen) atoms. The second-order valence-corrected chi connectivity index (χ2v) is 6.63. The summed E-state index contributed by atoms with van der Waals surface area (Å²) >= 11 is 0. The van der Waals surface area contributed by atoms with Crippen LogP contribution in [0.1, 0.15) is 36.0 Å². The Hall–Kier alpha value is -2.48. The SMILES string of the molecule is CCn1cc(CN2CCCn3cnc(Cn4nncc4C)c3C2)cn1. The van der Waals surface area contributed by atoms with Crippen LogP contribution in [0.2, 0.25) is 0 Å². The predicted molar refractivity (Wildman–Crippen MR) is 92.7 cm³/mol. The van der Waals surface area contributed by atoms with E-state index < -0.39 is 0 Å². The van der Waals surface area contributed by atoms with Crippen LogP contribution in [0.3, 0.4) is 0 Å². The summed E-state index contributed by atoms with van der Waals surface area (Å²) < 4.78 is 6.18. The van der Waals surface area contributed by atoms with Gasteiger partial charge in [0.25, 0.3) is 0 Å². The average molecular weight is 340 g/mol. The molecule has 0 spiro atoms. The molecular formula is C17H24N8. The molecule has 0 bridgehead atoms. The van der Waals surface area contributed by atoms with Gasteiger partial charge in [-0.3, -0.25) is 9.58 Å². The van der Waals surface area contributed by atoms with Gasteiger partial charge >= 0.3 is 0 Å². The zero-order valence-corrected chi connectivity index (χ0v) is 14.8. The third kappa shape index (κ3) is 3.34. The fourth-order valence-corrected chi connectivity index (χ4v) is 3.37. The third-order valence-electron chi connectivity index (χ3n) is 4.81. The zero-order valence-electron chi connectivity index (χ0n) is 14.8. The Labute approximate surface area is 147 Å². The first-order chi connectivity index (χ1) is 12.2. The Morgan fingerprint density at radius 3 is 2.84 bits per heavy atom. The highest BCUT2D eigenvalue weighted by Gasteiger charge is 2.20. The summed E-state index contributed by atoms with van der Waals surface area (Å²) in [5, 5.41) is 12.5. The number of hydrogen-bond acceptors (Lipinski definition) is 5. The number of aromatic nitrogens is 7. The molecule has 0 saturated heterocycles. The molecule has 1 aliphatic rings. The van der Waals surface area contributed by atoms with Gasteiger partial charge in [0.15, 0.2) is 0 Å². The van der Waals surface area contributed by atoms with Crippen molar-refractivity contribution in [3.63, 3.8) is 0 Å². The van der Waals surface area contributed by atoms with Gasteiger partial charge < -0.3 is 4.57 Å². The molecule has 4 heterocycles. The van der Waals surface area contributed by atoms with Gasteiger partial charge in [-0.1, -0.05) is 5.21 Å². The first-order valence-corrected chi connectivity index (χ1v) is 8.84. The van der Waals surface area contributed by atoms with Gasteiger partial charge in [0.05, 0.1) is 42.3 Å². The monoisotopic (exact) mass is 340 g/mol. The van der Waals surface area contributed by atoms with Gasteiger partial charge in [-0.15, -0.1) is 5.10 Å². The zero-order chi connectivity index (χ0) is 17.2. The van der Waals surface area contributed by atoms with Gasteiger partial charge in [-0.05, 0) is 20.3 Å². The molecule has 8 nitrogen and oxygen atoms in total. The molecule has 0 aliphatic carbocycles. The lowest BCUT2D eigenvalue weighted by atomic mass is 10.2. The Morgan fingerprint density at radius 1 is 1.16 bits per heavy atom. The Morgan fingerprint density at radius 2 is 2.08 bits per heavy atom. The van der Waals surface area contributed by atoms with E-state index >= 15 is 0 Å². The molecule has 0 amide bonds. The van der Waals surface area contributed by atoms with Crippen LogP contribution in [0.5, 0.6) is 0 Å². The highest BCUT2D eigenvalue weighted by Crippen LogP contribution is 2.19. The Bertz CT molecular complexity index is 843. The maximum atomic E-state index is 4.65. The largest absolute Gasteiger partial charge is 0.333 e. The number of fused-ring (bicyclic) bond motifs is 1. The van der Waals surface area contributed by atoms with Crippen LogP contribution in [-0.4, -0.2) is 45.8 Å². The normalized spacial score (nSPS) is 15.3. The maximum absolute atomic E-state index is 4.65. The summed E-state index contributed by atoms with van der Waals surface area (Å²) in [6, 6.07) is 0. The van der Waals surface area contributed by atoms with E-state index in [9.17, 15) is 0 Å². The minimum absolute atomic E-state index is 0.676. The summed E-state index contributed by atoms with van der Waals surface area (Å²) in [5.74, 6) is 0. The second-order valence-electron chi connectivity index (χ2n) is 6.63. The van der Waals surface area contributed by atoms with E-state index in [1.807, 2.05) is 28.8 Å². The van der Waals surface area contributed by atoms with Crippen LogP contribution >= 0.6 is 0 Å². The molecule has 0 aromatic carbocycles. The van der Waals surface area contributed by atoms with Gasteiger partial charge in [0.2, 0.25) is 0 Å². The summed E-state index contributed by atoms with van der Waals surface area (Å²) in [6.45, 7) is 9.65. The van der Waals surface area contributed by atoms with E-state index in [2.05, 4.69) is 43.0 Å². The van der Waals surface area contributed by atoms with Gasteiger partial charge in [-0.2, -0.15) is 5.10 Å². The molecule has 0 atom stereocenters. The maximum Gasteiger partial charge on any atom is 0.0952 e. The van der Waals surface area contributed by atoms with Crippen LogP contribution in [0.4, 0.5) is 0 Å². The average Bonchev–Trinajstić information content (AvgIpc) is 3.28. The minimum atomic E-state index is 0.676. The lowest BCUT2D eigenvalue weighted by Gasteiger charge is -2.19.